The number of aliphatic hydroxyl groups is 1. The van der Waals surface area contributed by atoms with Gasteiger partial charge in [-0.15, -0.1) is 0 Å². The van der Waals surface area contributed by atoms with Crippen molar-refractivity contribution >= 4 is 28.5 Å². The fourth-order valence-electron chi connectivity index (χ4n) is 5.09. The van der Waals surface area contributed by atoms with Gasteiger partial charge in [-0.25, -0.2) is 19.7 Å². The van der Waals surface area contributed by atoms with E-state index in [1.54, 1.807) is 0 Å². The van der Waals surface area contributed by atoms with Crippen LogP contribution in [0.1, 0.15) is 71.1 Å². The molecule has 0 aliphatic carbocycles. The molecule has 1 unspecified atom stereocenters. The van der Waals surface area contributed by atoms with Crippen LogP contribution in [0.3, 0.4) is 0 Å². The van der Waals surface area contributed by atoms with Gasteiger partial charge >= 0.3 is 5.97 Å². The first kappa shape index (κ1) is 34.2. The third-order valence-electron chi connectivity index (χ3n) is 7.89. The minimum Gasteiger partial charge on any atom is -0.480 e. The molecule has 0 spiro atoms. The van der Waals surface area contributed by atoms with Crippen LogP contribution in [0.2, 0.25) is 0 Å². The van der Waals surface area contributed by atoms with E-state index >= 15 is 0 Å². The Morgan fingerprint density at radius 3 is 2.60 bits per heavy atom. The van der Waals surface area contributed by atoms with E-state index in [9.17, 15) is 15.0 Å². The number of carboxylic acids is 1. The number of unbranched alkanes of at least 4 members (excludes halogenated alkanes) is 1. The molecule has 1 atom stereocenters. The van der Waals surface area contributed by atoms with Gasteiger partial charge in [-0.1, -0.05) is 32.0 Å². The molecule has 0 radical (unpaired) electrons. The standard InChI is InChI=1S/C28H38N6O3.C5H13N/c1-28(2,18-35)34(16-6-5-9-21-13-12-20-8-7-15-29-25(20)32-21)17-14-24(27(36)37)33-26-22-10-3-4-11-23(22)30-19-31-26;1-5(2)3-4-6/h3-4,10-13,19,24,35H,5-9,14-18H2,1-2H3,(H,29,32)(H,36,37)(H,30,31,33);5H,3-4,6H2,1-2H3. The van der Waals surface area contributed by atoms with Crippen LogP contribution < -0.4 is 16.4 Å². The molecule has 1 aromatic carbocycles. The normalized spacial score (nSPS) is 13.7. The molecule has 4 rings (SSSR count). The number of rotatable bonds is 15. The predicted molar refractivity (Wildman–Crippen MR) is 174 cm³/mol. The van der Waals surface area contributed by atoms with E-state index in [0.29, 0.717) is 18.8 Å². The Morgan fingerprint density at radius 2 is 1.91 bits per heavy atom. The number of nitrogens with one attached hydrogen (secondary N) is 2. The van der Waals surface area contributed by atoms with Crippen LogP contribution in [0, 0.1) is 5.92 Å². The number of aromatic nitrogens is 3. The average Bonchev–Trinajstić information content (AvgIpc) is 3.00. The second-order valence-corrected chi connectivity index (χ2v) is 12.3. The van der Waals surface area contributed by atoms with Crippen molar-refractivity contribution in [2.45, 2.75) is 84.2 Å². The molecule has 43 heavy (non-hydrogen) atoms. The number of hydrogen-bond donors (Lipinski definition) is 5. The summed E-state index contributed by atoms with van der Waals surface area (Å²) in [7, 11) is 0. The molecule has 0 amide bonds. The van der Waals surface area contributed by atoms with Gasteiger partial charge in [0, 0.05) is 29.7 Å². The number of aliphatic hydroxyl groups excluding tert-OH is 1. The van der Waals surface area contributed by atoms with Crippen molar-refractivity contribution in [2.75, 3.05) is 43.4 Å². The molecule has 10 nitrogen and oxygen atoms in total. The number of aliphatic carboxylic acids is 1. The Bertz CT molecular complexity index is 1280. The summed E-state index contributed by atoms with van der Waals surface area (Å²) in [6.45, 7) is 11.4. The number of nitrogens with zero attached hydrogens (tertiary/aromatic N) is 4. The predicted octanol–water partition coefficient (Wildman–Crippen LogP) is 4.73. The molecule has 0 saturated heterocycles. The molecule has 6 N–H and O–H groups in total. The fraction of sp³-hybridized carbons (Fsp3) is 0.576. The largest absolute Gasteiger partial charge is 0.480 e. The van der Waals surface area contributed by atoms with Crippen LogP contribution in [0.25, 0.3) is 10.9 Å². The first-order chi connectivity index (χ1) is 20.6. The SMILES string of the molecule is CC(C)(CO)N(CCCCc1ccc2c(n1)NCCC2)CCC(Nc1ncnc2ccccc12)C(=O)O.CC(C)CCN. The van der Waals surface area contributed by atoms with E-state index in [-0.39, 0.29) is 6.61 Å². The summed E-state index contributed by atoms with van der Waals surface area (Å²) in [6, 6.07) is 11.0. The fourth-order valence-corrected chi connectivity index (χ4v) is 5.09. The van der Waals surface area contributed by atoms with Gasteiger partial charge in [0.1, 0.15) is 24.0 Å². The monoisotopic (exact) mass is 593 g/mol. The van der Waals surface area contributed by atoms with E-state index in [1.807, 2.05) is 38.1 Å². The van der Waals surface area contributed by atoms with Crippen LogP contribution >= 0.6 is 0 Å². The summed E-state index contributed by atoms with van der Waals surface area (Å²) in [5.74, 6) is 1.38. The summed E-state index contributed by atoms with van der Waals surface area (Å²) in [4.78, 5) is 27.6. The highest BCUT2D eigenvalue weighted by Gasteiger charge is 2.28. The number of anilines is 2. The zero-order valence-electron chi connectivity index (χ0n) is 26.4. The van der Waals surface area contributed by atoms with Gasteiger partial charge < -0.3 is 26.6 Å². The molecule has 1 aliphatic heterocycles. The zero-order chi connectivity index (χ0) is 31.2. The van der Waals surface area contributed by atoms with Gasteiger partial charge in [-0.2, -0.15) is 0 Å². The van der Waals surface area contributed by atoms with E-state index in [0.717, 1.165) is 86.5 Å². The maximum absolute atomic E-state index is 12.1. The quantitative estimate of drug-likeness (QED) is 0.157. The van der Waals surface area contributed by atoms with Gasteiger partial charge in [0.15, 0.2) is 0 Å². The van der Waals surface area contributed by atoms with Gasteiger partial charge in [0.2, 0.25) is 0 Å². The lowest BCUT2D eigenvalue weighted by atomic mass is 10.0. The average molecular weight is 594 g/mol. The maximum atomic E-state index is 12.1. The molecular formula is C33H51N7O3. The molecule has 3 aromatic rings. The first-order valence-corrected chi connectivity index (χ1v) is 15.6. The van der Waals surface area contributed by atoms with Crippen molar-refractivity contribution in [2.24, 2.45) is 11.7 Å². The summed E-state index contributed by atoms with van der Waals surface area (Å²) < 4.78 is 0. The molecule has 236 valence electrons. The highest BCUT2D eigenvalue weighted by molar-refractivity contribution is 5.90. The summed E-state index contributed by atoms with van der Waals surface area (Å²) in [5, 5.41) is 27.2. The number of nitrogens with two attached hydrogens (primary N) is 1. The highest BCUT2D eigenvalue weighted by atomic mass is 16.4. The minimum absolute atomic E-state index is 0.00718. The lowest BCUT2D eigenvalue weighted by molar-refractivity contribution is -0.138. The van der Waals surface area contributed by atoms with Crippen LogP contribution in [0.15, 0.2) is 42.7 Å². The molecule has 0 fully saturated rings. The van der Waals surface area contributed by atoms with Crippen molar-refractivity contribution in [1.82, 2.24) is 19.9 Å². The van der Waals surface area contributed by atoms with Crippen molar-refractivity contribution in [3.05, 3.63) is 54.0 Å². The van der Waals surface area contributed by atoms with Crippen molar-refractivity contribution in [3.63, 3.8) is 0 Å². The van der Waals surface area contributed by atoms with E-state index in [1.165, 1.54) is 11.9 Å². The van der Waals surface area contributed by atoms with Crippen molar-refractivity contribution in [3.8, 4) is 0 Å². The van der Waals surface area contributed by atoms with Crippen LogP contribution in [0.5, 0.6) is 0 Å². The van der Waals surface area contributed by atoms with Crippen molar-refractivity contribution in [1.29, 1.82) is 0 Å². The number of aryl methyl sites for hydroxylation is 2. The van der Waals surface area contributed by atoms with Gasteiger partial charge in [-0.3, -0.25) is 4.90 Å². The molecule has 2 aromatic heterocycles. The van der Waals surface area contributed by atoms with Gasteiger partial charge in [-0.05, 0) is 102 Å². The molecule has 0 bridgehead atoms. The second-order valence-electron chi connectivity index (χ2n) is 12.3. The Kier molecular flexibility index (Phi) is 13.6. The molecule has 1 aliphatic rings. The zero-order valence-corrected chi connectivity index (χ0v) is 26.4. The number of carbonyl (C=O) groups is 1. The lowest BCUT2D eigenvalue weighted by Crippen LogP contribution is -2.49. The third-order valence-corrected chi connectivity index (χ3v) is 7.89. The number of fused-ring (bicyclic) bond motifs is 2. The van der Waals surface area contributed by atoms with E-state index in [4.69, 9.17) is 10.7 Å². The van der Waals surface area contributed by atoms with Crippen LogP contribution in [0.4, 0.5) is 11.6 Å². The molecule has 3 heterocycles. The Morgan fingerprint density at radius 1 is 1.12 bits per heavy atom. The third kappa shape index (κ3) is 10.7. The summed E-state index contributed by atoms with van der Waals surface area (Å²) in [5.41, 5.74) is 7.92. The maximum Gasteiger partial charge on any atom is 0.326 e. The van der Waals surface area contributed by atoms with Gasteiger partial charge in [0.25, 0.3) is 0 Å². The number of pyridine rings is 1. The molecule has 0 saturated carbocycles. The van der Waals surface area contributed by atoms with Crippen molar-refractivity contribution < 1.29 is 15.0 Å². The van der Waals surface area contributed by atoms with Crippen LogP contribution in [-0.2, 0) is 17.6 Å². The first-order valence-electron chi connectivity index (χ1n) is 15.6. The molecular weight excluding hydrogens is 542 g/mol. The van der Waals surface area contributed by atoms with E-state index < -0.39 is 17.6 Å². The Balaban J connectivity index is 0.000000765. The number of para-hydroxylation sites is 1. The lowest BCUT2D eigenvalue weighted by Gasteiger charge is -2.38. The topological polar surface area (TPSA) is 150 Å². The number of benzene rings is 1. The highest BCUT2D eigenvalue weighted by Crippen LogP contribution is 2.23. The van der Waals surface area contributed by atoms with E-state index in [2.05, 4.69) is 51.5 Å². The van der Waals surface area contributed by atoms with Crippen LogP contribution in [-0.4, -0.2) is 80.4 Å². The summed E-state index contributed by atoms with van der Waals surface area (Å²) >= 11 is 0. The smallest absolute Gasteiger partial charge is 0.326 e. The van der Waals surface area contributed by atoms with Gasteiger partial charge in [0.05, 0.1) is 12.1 Å². The second kappa shape index (κ2) is 17.1. The molecule has 10 heteroatoms. The summed E-state index contributed by atoms with van der Waals surface area (Å²) in [6.07, 6.45) is 7.99. The Labute approximate surface area is 256 Å². The Hall–Kier alpha value is -3.34. The number of carboxylic acid groups (broad SMARTS) is 1. The number of hydrogen-bond acceptors (Lipinski definition) is 9. The minimum atomic E-state index is -0.934.